The van der Waals surface area contributed by atoms with Gasteiger partial charge in [0.2, 0.25) is 0 Å². The summed E-state index contributed by atoms with van der Waals surface area (Å²) in [6.45, 7) is 0.771. The van der Waals surface area contributed by atoms with Crippen molar-refractivity contribution < 1.29 is 9.84 Å². The maximum atomic E-state index is 9.36. The average Bonchev–Trinajstić information content (AvgIpc) is 3.06. The van der Waals surface area contributed by atoms with E-state index in [1.54, 1.807) is 0 Å². The summed E-state index contributed by atoms with van der Waals surface area (Å²) in [4.78, 5) is 0. The highest BCUT2D eigenvalue weighted by atomic mass is 16.5. The highest BCUT2D eigenvalue weighted by Gasteiger charge is 2.16. The molecule has 0 heterocycles. The molecule has 0 unspecified atom stereocenters. The zero-order valence-electron chi connectivity index (χ0n) is 12.8. The number of benzene rings is 2. The van der Waals surface area contributed by atoms with Crippen LogP contribution in [0.2, 0.25) is 0 Å². The summed E-state index contributed by atoms with van der Waals surface area (Å²) < 4.78 is 6.05. The second-order valence-electron chi connectivity index (χ2n) is 5.84. The van der Waals surface area contributed by atoms with Crippen LogP contribution < -0.4 is 10.1 Å². The van der Waals surface area contributed by atoms with Crippen LogP contribution in [0.5, 0.6) is 5.75 Å². The van der Waals surface area contributed by atoms with E-state index in [0.717, 1.165) is 23.5 Å². The van der Waals surface area contributed by atoms with Gasteiger partial charge >= 0.3 is 0 Å². The number of hydrogen-bond acceptors (Lipinski definition) is 3. The van der Waals surface area contributed by atoms with Gasteiger partial charge in [0.1, 0.15) is 5.75 Å². The van der Waals surface area contributed by atoms with E-state index in [1.807, 2.05) is 36.4 Å². The van der Waals surface area contributed by atoms with Gasteiger partial charge in [-0.05, 0) is 49.4 Å². The SMILES string of the molecule is OCc1ccccc1NCc1cccc(OC2CCCC2)c1. The first-order valence-corrected chi connectivity index (χ1v) is 8.03. The summed E-state index contributed by atoms with van der Waals surface area (Å²) in [6.07, 6.45) is 5.30. The Hall–Kier alpha value is -2.00. The fraction of sp³-hybridized carbons (Fsp3) is 0.368. The first kappa shape index (κ1) is 14.9. The number of anilines is 1. The van der Waals surface area contributed by atoms with Crippen LogP contribution in [-0.2, 0) is 13.2 Å². The van der Waals surface area contributed by atoms with Crippen LogP contribution in [0.1, 0.15) is 36.8 Å². The van der Waals surface area contributed by atoms with Crippen molar-refractivity contribution in [2.45, 2.75) is 44.9 Å². The molecule has 0 aliphatic heterocycles. The molecule has 116 valence electrons. The monoisotopic (exact) mass is 297 g/mol. The van der Waals surface area contributed by atoms with Crippen LogP contribution in [0.3, 0.4) is 0 Å². The van der Waals surface area contributed by atoms with E-state index in [2.05, 4.69) is 17.4 Å². The van der Waals surface area contributed by atoms with Crippen molar-refractivity contribution in [3.8, 4) is 5.75 Å². The first-order chi connectivity index (χ1) is 10.8. The minimum absolute atomic E-state index is 0.0496. The fourth-order valence-corrected chi connectivity index (χ4v) is 2.96. The van der Waals surface area contributed by atoms with E-state index >= 15 is 0 Å². The second kappa shape index (κ2) is 7.32. The molecule has 1 aliphatic carbocycles. The highest BCUT2D eigenvalue weighted by molar-refractivity contribution is 5.51. The van der Waals surface area contributed by atoms with E-state index in [-0.39, 0.29) is 6.61 Å². The van der Waals surface area contributed by atoms with Crippen LogP contribution >= 0.6 is 0 Å². The van der Waals surface area contributed by atoms with Crippen LogP contribution in [0.15, 0.2) is 48.5 Å². The van der Waals surface area contributed by atoms with Crippen molar-refractivity contribution in [1.82, 2.24) is 0 Å². The molecule has 0 aromatic heterocycles. The van der Waals surface area contributed by atoms with Crippen molar-refractivity contribution in [2.24, 2.45) is 0 Å². The minimum Gasteiger partial charge on any atom is -0.490 e. The number of rotatable bonds is 6. The molecule has 0 radical (unpaired) electrons. The van der Waals surface area contributed by atoms with Crippen molar-refractivity contribution in [3.63, 3.8) is 0 Å². The predicted octanol–water partition coefficient (Wildman–Crippen LogP) is 4.11. The Labute approximate surface area is 131 Å². The molecule has 0 saturated heterocycles. The lowest BCUT2D eigenvalue weighted by atomic mass is 10.1. The van der Waals surface area contributed by atoms with E-state index in [0.29, 0.717) is 6.10 Å². The molecule has 0 bridgehead atoms. The van der Waals surface area contributed by atoms with Crippen molar-refractivity contribution >= 4 is 5.69 Å². The van der Waals surface area contributed by atoms with Gasteiger partial charge in [-0.25, -0.2) is 0 Å². The lowest BCUT2D eigenvalue weighted by molar-refractivity contribution is 0.210. The van der Waals surface area contributed by atoms with Crippen molar-refractivity contribution in [1.29, 1.82) is 0 Å². The van der Waals surface area contributed by atoms with E-state index in [9.17, 15) is 5.11 Å². The number of para-hydroxylation sites is 1. The van der Waals surface area contributed by atoms with Crippen LogP contribution in [0.4, 0.5) is 5.69 Å². The third kappa shape index (κ3) is 3.80. The molecular formula is C19H23NO2. The lowest BCUT2D eigenvalue weighted by Gasteiger charge is -2.15. The maximum absolute atomic E-state index is 9.36. The summed E-state index contributed by atoms with van der Waals surface area (Å²) in [6, 6.07) is 16.1. The molecule has 0 spiro atoms. The summed E-state index contributed by atoms with van der Waals surface area (Å²) in [5, 5.41) is 12.7. The molecule has 2 aromatic carbocycles. The zero-order chi connectivity index (χ0) is 15.2. The molecule has 22 heavy (non-hydrogen) atoms. The quantitative estimate of drug-likeness (QED) is 0.843. The number of nitrogens with one attached hydrogen (secondary N) is 1. The molecule has 0 atom stereocenters. The largest absolute Gasteiger partial charge is 0.490 e. The average molecular weight is 297 g/mol. The van der Waals surface area contributed by atoms with E-state index in [1.165, 1.54) is 31.2 Å². The molecule has 3 rings (SSSR count). The molecule has 2 N–H and O–H groups in total. The van der Waals surface area contributed by atoms with Gasteiger partial charge in [-0.3, -0.25) is 0 Å². The van der Waals surface area contributed by atoms with E-state index in [4.69, 9.17) is 4.74 Å². The Morgan fingerprint density at radius 1 is 1.05 bits per heavy atom. The van der Waals surface area contributed by atoms with Crippen molar-refractivity contribution in [3.05, 3.63) is 59.7 Å². The predicted molar refractivity (Wildman–Crippen MR) is 89.0 cm³/mol. The third-order valence-electron chi connectivity index (χ3n) is 4.17. The topological polar surface area (TPSA) is 41.5 Å². The molecule has 1 aliphatic rings. The lowest BCUT2D eigenvalue weighted by Crippen LogP contribution is -2.11. The molecule has 1 fully saturated rings. The van der Waals surface area contributed by atoms with Gasteiger partial charge in [0.25, 0.3) is 0 Å². The molecule has 0 amide bonds. The molecule has 1 saturated carbocycles. The number of aliphatic hydroxyl groups is 1. The Bertz CT molecular complexity index is 606. The fourth-order valence-electron chi connectivity index (χ4n) is 2.96. The maximum Gasteiger partial charge on any atom is 0.120 e. The third-order valence-corrected chi connectivity index (χ3v) is 4.17. The standard InChI is InChI=1S/C19H23NO2/c21-14-16-7-1-4-11-19(16)20-13-15-6-5-10-18(12-15)22-17-8-2-3-9-17/h1,4-7,10-12,17,20-21H,2-3,8-9,13-14H2. The summed E-state index contributed by atoms with van der Waals surface area (Å²) in [7, 11) is 0. The summed E-state index contributed by atoms with van der Waals surface area (Å²) in [5.41, 5.74) is 3.08. The van der Waals surface area contributed by atoms with Gasteiger partial charge in [-0.1, -0.05) is 30.3 Å². The normalized spacial score (nSPS) is 15.0. The molecular weight excluding hydrogens is 274 g/mol. The molecule has 2 aromatic rings. The van der Waals surface area contributed by atoms with Gasteiger partial charge < -0.3 is 15.2 Å². The van der Waals surface area contributed by atoms with Crippen LogP contribution in [0, 0.1) is 0 Å². The Kier molecular flexibility index (Phi) is 4.96. The first-order valence-electron chi connectivity index (χ1n) is 8.03. The smallest absolute Gasteiger partial charge is 0.120 e. The van der Waals surface area contributed by atoms with Gasteiger partial charge in [0, 0.05) is 17.8 Å². The number of ether oxygens (including phenoxy) is 1. The van der Waals surface area contributed by atoms with Gasteiger partial charge in [-0.2, -0.15) is 0 Å². The highest BCUT2D eigenvalue weighted by Crippen LogP contribution is 2.25. The molecule has 3 nitrogen and oxygen atoms in total. The van der Waals surface area contributed by atoms with E-state index < -0.39 is 0 Å². The zero-order valence-corrected chi connectivity index (χ0v) is 12.8. The second-order valence-corrected chi connectivity index (χ2v) is 5.84. The Morgan fingerprint density at radius 3 is 2.68 bits per heavy atom. The van der Waals surface area contributed by atoms with Crippen molar-refractivity contribution in [2.75, 3.05) is 5.32 Å². The van der Waals surface area contributed by atoms with Gasteiger partial charge in [-0.15, -0.1) is 0 Å². The minimum atomic E-state index is 0.0496. The van der Waals surface area contributed by atoms with Crippen LogP contribution in [-0.4, -0.2) is 11.2 Å². The summed E-state index contributed by atoms with van der Waals surface area (Å²) in [5.74, 6) is 0.960. The van der Waals surface area contributed by atoms with Crippen LogP contribution in [0.25, 0.3) is 0 Å². The van der Waals surface area contributed by atoms with Gasteiger partial charge in [0.15, 0.2) is 0 Å². The Balaban J connectivity index is 1.62. The number of aliphatic hydroxyl groups excluding tert-OH is 1. The van der Waals surface area contributed by atoms with Gasteiger partial charge in [0.05, 0.1) is 12.7 Å². The number of hydrogen-bond donors (Lipinski definition) is 2. The Morgan fingerprint density at radius 2 is 1.86 bits per heavy atom. The summed E-state index contributed by atoms with van der Waals surface area (Å²) >= 11 is 0. The molecule has 3 heteroatoms.